The maximum absolute atomic E-state index is 14.5. The molecule has 3 aromatic heterocycles. The first-order chi connectivity index (χ1) is 17.4. The summed E-state index contributed by atoms with van der Waals surface area (Å²) in [4.78, 5) is 26.6. The molecule has 36 heavy (non-hydrogen) atoms. The van der Waals surface area contributed by atoms with Crippen molar-refractivity contribution in [3.63, 3.8) is 0 Å². The fourth-order valence-electron chi connectivity index (χ4n) is 5.43. The predicted molar refractivity (Wildman–Crippen MR) is 132 cm³/mol. The number of fused-ring (bicyclic) bond motifs is 3. The van der Waals surface area contributed by atoms with Crippen molar-refractivity contribution in [2.75, 3.05) is 11.9 Å². The van der Waals surface area contributed by atoms with Crippen LogP contribution in [0.3, 0.4) is 0 Å². The average molecular weight is 488 g/mol. The van der Waals surface area contributed by atoms with Crippen LogP contribution in [-0.2, 0) is 24.1 Å². The summed E-state index contributed by atoms with van der Waals surface area (Å²) in [6.07, 6.45) is 4.87. The maximum Gasteiger partial charge on any atom is 0.278 e. The fourth-order valence-corrected chi connectivity index (χ4v) is 5.43. The molecule has 4 heterocycles. The molecule has 0 amide bonds. The van der Waals surface area contributed by atoms with Crippen molar-refractivity contribution in [3.8, 4) is 5.82 Å². The normalized spacial score (nSPS) is 18.9. The Morgan fingerprint density at radius 1 is 1.17 bits per heavy atom. The molecular weight excluding hydrogens is 461 g/mol. The van der Waals surface area contributed by atoms with Gasteiger partial charge in [0.1, 0.15) is 22.5 Å². The van der Waals surface area contributed by atoms with Gasteiger partial charge >= 0.3 is 0 Å². The number of hydrogen-bond acceptors (Lipinski definition) is 7. The van der Waals surface area contributed by atoms with Gasteiger partial charge in [0.25, 0.3) is 5.56 Å². The van der Waals surface area contributed by atoms with Gasteiger partial charge in [-0.1, -0.05) is 6.07 Å². The second-order valence-electron chi connectivity index (χ2n) is 10.2. The molecule has 2 fully saturated rings. The molecule has 184 valence electrons. The number of aromatic nitrogens is 5. The van der Waals surface area contributed by atoms with E-state index in [4.69, 9.17) is 0 Å². The molecule has 2 saturated carbocycles. The van der Waals surface area contributed by atoms with Crippen LogP contribution in [0, 0.1) is 5.82 Å². The van der Waals surface area contributed by atoms with Gasteiger partial charge in [0.05, 0.1) is 0 Å². The van der Waals surface area contributed by atoms with Gasteiger partial charge in [-0.2, -0.15) is 4.98 Å². The molecule has 1 spiro atoms. The Morgan fingerprint density at radius 2 is 2.00 bits per heavy atom. The number of benzene rings is 1. The minimum absolute atomic E-state index is 0.000426. The Morgan fingerprint density at radius 3 is 2.75 bits per heavy atom. The zero-order chi connectivity index (χ0) is 24.7. The molecule has 0 saturated heterocycles. The van der Waals surface area contributed by atoms with Crippen LogP contribution in [0.25, 0.3) is 16.9 Å². The number of halogens is 1. The molecule has 2 aliphatic carbocycles. The van der Waals surface area contributed by atoms with Gasteiger partial charge in [-0.15, -0.1) is 0 Å². The van der Waals surface area contributed by atoms with Gasteiger partial charge in [0.15, 0.2) is 11.5 Å². The summed E-state index contributed by atoms with van der Waals surface area (Å²) >= 11 is 0. The Hall–Kier alpha value is -3.63. The van der Waals surface area contributed by atoms with Crippen molar-refractivity contribution in [3.05, 3.63) is 69.5 Å². The number of nitrogens with one attached hydrogen (secondary N) is 2. The lowest BCUT2D eigenvalue weighted by molar-refractivity contribution is 0.141. The van der Waals surface area contributed by atoms with Gasteiger partial charge in [0.2, 0.25) is 5.95 Å². The van der Waals surface area contributed by atoms with Crippen LogP contribution < -0.4 is 16.2 Å². The van der Waals surface area contributed by atoms with Crippen LogP contribution in [0.2, 0.25) is 0 Å². The Kier molecular flexibility index (Phi) is 4.47. The first-order valence-corrected chi connectivity index (χ1v) is 12.4. The van der Waals surface area contributed by atoms with E-state index in [9.17, 15) is 14.3 Å². The quantitative estimate of drug-likeness (QED) is 0.397. The van der Waals surface area contributed by atoms with E-state index in [1.165, 1.54) is 47.0 Å². The minimum Gasteiger partial charge on any atom is -0.383 e. The Labute approximate surface area is 206 Å². The third-order valence-electron chi connectivity index (χ3n) is 7.75. The molecule has 0 radical (unpaired) electrons. The molecule has 10 heteroatoms. The number of aliphatic hydroxyl groups is 1. The Bertz CT molecular complexity index is 1600. The van der Waals surface area contributed by atoms with Gasteiger partial charge in [-0.05, 0) is 68.0 Å². The van der Waals surface area contributed by atoms with Crippen LogP contribution in [0.1, 0.15) is 49.4 Å². The van der Waals surface area contributed by atoms with E-state index in [0.717, 1.165) is 18.8 Å². The van der Waals surface area contributed by atoms with Crippen molar-refractivity contribution in [2.45, 2.75) is 56.7 Å². The lowest BCUT2D eigenvalue weighted by atomic mass is 9.88. The molecule has 3 aliphatic rings. The van der Waals surface area contributed by atoms with Gasteiger partial charge < -0.3 is 15.7 Å². The standard InChI is InChI=1S/C26H26FN7O2/c1-2-33-23(35)17-13-29-24(30-16-3-4-18-15(11-16)12-28-14-25(18)7-8-25)32-22(17)34(33)20-6-5-19(27)21(31-20)26(36)9-10-26/h3-6,11,13,28,36H,2,7-10,12,14H2,1H3,(H,29,30,32). The average Bonchev–Trinajstić information content (AvgIpc) is 3.80. The topological polar surface area (TPSA) is 110 Å². The molecule has 0 unspecified atom stereocenters. The van der Waals surface area contributed by atoms with E-state index in [2.05, 4.69) is 37.7 Å². The smallest absolute Gasteiger partial charge is 0.278 e. The van der Waals surface area contributed by atoms with E-state index in [0.29, 0.717) is 47.6 Å². The van der Waals surface area contributed by atoms with Crippen molar-refractivity contribution < 1.29 is 9.50 Å². The third kappa shape index (κ3) is 3.21. The van der Waals surface area contributed by atoms with E-state index in [-0.39, 0.29) is 11.3 Å². The summed E-state index contributed by atoms with van der Waals surface area (Å²) < 4.78 is 17.5. The molecule has 1 aromatic carbocycles. The van der Waals surface area contributed by atoms with Crippen LogP contribution in [-0.4, -0.2) is 36.0 Å². The summed E-state index contributed by atoms with van der Waals surface area (Å²) in [6, 6.07) is 9.14. The van der Waals surface area contributed by atoms with Gasteiger partial charge in [-0.3, -0.25) is 4.79 Å². The highest BCUT2D eigenvalue weighted by Crippen LogP contribution is 2.50. The van der Waals surface area contributed by atoms with E-state index >= 15 is 0 Å². The number of anilines is 2. The fraction of sp³-hybridized carbons (Fsp3) is 0.385. The lowest BCUT2D eigenvalue weighted by Crippen LogP contribution is -2.33. The zero-order valence-corrected chi connectivity index (χ0v) is 19.9. The summed E-state index contributed by atoms with van der Waals surface area (Å²) in [5, 5.41) is 17.6. The molecule has 3 N–H and O–H groups in total. The predicted octanol–water partition coefficient (Wildman–Crippen LogP) is 3.00. The summed E-state index contributed by atoms with van der Waals surface area (Å²) in [5.41, 5.74) is 2.73. The third-order valence-corrected chi connectivity index (χ3v) is 7.75. The largest absolute Gasteiger partial charge is 0.383 e. The monoisotopic (exact) mass is 487 g/mol. The zero-order valence-electron chi connectivity index (χ0n) is 19.9. The van der Waals surface area contributed by atoms with E-state index in [1.807, 2.05) is 13.0 Å². The highest BCUT2D eigenvalue weighted by molar-refractivity contribution is 5.77. The molecule has 9 nitrogen and oxygen atoms in total. The lowest BCUT2D eigenvalue weighted by Gasteiger charge is -2.26. The van der Waals surface area contributed by atoms with Gasteiger partial charge in [0, 0.05) is 36.9 Å². The summed E-state index contributed by atoms with van der Waals surface area (Å²) in [7, 11) is 0. The molecule has 7 rings (SSSR count). The second kappa shape index (κ2) is 7.44. The molecule has 0 bridgehead atoms. The van der Waals surface area contributed by atoms with Crippen LogP contribution in [0.5, 0.6) is 0 Å². The van der Waals surface area contributed by atoms with Crippen molar-refractivity contribution in [1.82, 2.24) is 29.6 Å². The second-order valence-corrected chi connectivity index (χ2v) is 10.2. The summed E-state index contributed by atoms with van der Waals surface area (Å²) in [6.45, 7) is 4.07. The van der Waals surface area contributed by atoms with Crippen LogP contribution in [0.15, 0.2) is 41.3 Å². The highest BCUT2D eigenvalue weighted by atomic mass is 19.1. The van der Waals surface area contributed by atoms with Crippen LogP contribution >= 0.6 is 0 Å². The number of pyridine rings is 1. The molecule has 0 atom stereocenters. The molecule has 4 aromatic rings. The Balaban J connectivity index is 1.31. The molecule has 1 aliphatic heterocycles. The number of rotatable bonds is 5. The van der Waals surface area contributed by atoms with Crippen LogP contribution in [0.4, 0.5) is 16.0 Å². The molecular formula is C26H26FN7O2. The SMILES string of the molecule is CCn1c(=O)c2cnc(Nc3ccc4c(c3)CNCC43CC3)nc2n1-c1ccc(F)c(C2(O)CC2)n1. The summed E-state index contributed by atoms with van der Waals surface area (Å²) in [5.74, 6) is 0.102. The highest BCUT2D eigenvalue weighted by Gasteiger charge is 2.47. The van der Waals surface area contributed by atoms with E-state index in [1.54, 1.807) is 4.68 Å². The number of nitrogens with zero attached hydrogens (tertiary/aromatic N) is 5. The van der Waals surface area contributed by atoms with Gasteiger partial charge in [-0.25, -0.2) is 23.7 Å². The first kappa shape index (κ1) is 21.6. The first-order valence-electron chi connectivity index (χ1n) is 12.4. The van der Waals surface area contributed by atoms with Crippen molar-refractivity contribution >= 4 is 22.7 Å². The van der Waals surface area contributed by atoms with Crippen molar-refractivity contribution in [1.29, 1.82) is 0 Å². The maximum atomic E-state index is 14.5. The van der Waals surface area contributed by atoms with E-state index < -0.39 is 11.4 Å². The number of hydrogen-bond donors (Lipinski definition) is 3. The minimum atomic E-state index is -1.25. The van der Waals surface area contributed by atoms with Crippen molar-refractivity contribution in [2.24, 2.45) is 0 Å².